The Bertz CT molecular complexity index is 861. The standard InChI is InChI=1S/C13H10N2O7/c1-22-7-4-2-6(3-5-7)15-9(12(19)20)8(11(17)18)10(16)14-13(15)21/h2-5H,1H3,(H,17,18)(H,19,20)(H,14,16,21). The number of carboxylic acid groups (broad SMARTS) is 2. The van der Waals surface area contributed by atoms with Crippen LogP contribution in [0.3, 0.4) is 0 Å². The molecule has 0 atom stereocenters. The van der Waals surface area contributed by atoms with Gasteiger partial charge in [0.15, 0.2) is 11.3 Å². The average molecular weight is 306 g/mol. The van der Waals surface area contributed by atoms with Gasteiger partial charge in [-0.15, -0.1) is 0 Å². The number of rotatable bonds is 4. The monoisotopic (exact) mass is 306 g/mol. The Hall–Kier alpha value is -3.36. The third-order valence-electron chi connectivity index (χ3n) is 2.86. The van der Waals surface area contributed by atoms with Crippen molar-refractivity contribution in [3.05, 3.63) is 56.4 Å². The van der Waals surface area contributed by atoms with Crippen molar-refractivity contribution >= 4 is 11.9 Å². The van der Waals surface area contributed by atoms with Crippen molar-refractivity contribution in [2.45, 2.75) is 0 Å². The molecule has 9 heteroatoms. The zero-order valence-corrected chi connectivity index (χ0v) is 11.2. The lowest BCUT2D eigenvalue weighted by atomic mass is 10.2. The minimum atomic E-state index is -1.75. The molecule has 0 aliphatic rings. The van der Waals surface area contributed by atoms with E-state index in [1.165, 1.54) is 31.4 Å². The van der Waals surface area contributed by atoms with E-state index in [-0.39, 0.29) is 5.69 Å². The second-order valence-electron chi connectivity index (χ2n) is 4.13. The number of nitrogens with one attached hydrogen (secondary N) is 1. The number of carbonyl (C=O) groups is 2. The fraction of sp³-hybridized carbons (Fsp3) is 0.0769. The summed E-state index contributed by atoms with van der Waals surface area (Å²) in [5.74, 6) is -3.01. The fourth-order valence-electron chi connectivity index (χ4n) is 1.92. The lowest BCUT2D eigenvalue weighted by Gasteiger charge is -2.11. The third kappa shape index (κ3) is 2.46. The van der Waals surface area contributed by atoms with Crippen LogP contribution in [0, 0.1) is 0 Å². The largest absolute Gasteiger partial charge is 0.497 e. The van der Waals surface area contributed by atoms with Crippen LogP contribution in [0.25, 0.3) is 5.69 Å². The van der Waals surface area contributed by atoms with Gasteiger partial charge < -0.3 is 14.9 Å². The molecule has 0 fully saturated rings. The van der Waals surface area contributed by atoms with Gasteiger partial charge in [0.05, 0.1) is 12.8 Å². The Morgan fingerprint density at radius 1 is 1.09 bits per heavy atom. The zero-order chi connectivity index (χ0) is 16.4. The molecule has 22 heavy (non-hydrogen) atoms. The van der Waals surface area contributed by atoms with Crippen molar-refractivity contribution in [1.82, 2.24) is 9.55 Å². The van der Waals surface area contributed by atoms with Gasteiger partial charge >= 0.3 is 17.6 Å². The number of hydrogen-bond acceptors (Lipinski definition) is 5. The van der Waals surface area contributed by atoms with Crippen molar-refractivity contribution in [3.8, 4) is 11.4 Å². The van der Waals surface area contributed by atoms with E-state index in [9.17, 15) is 24.3 Å². The first kappa shape index (κ1) is 15.0. The van der Waals surface area contributed by atoms with E-state index in [2.05, 4.69) is 0 Å². The number of hydrogen-bond donors (Lipinski definition) is 3. The van der Waals surface area contributed by atoms with Crippen molar-refractivity contribution in [2.24, 2.45) is 0 Å². The molecular weight excluding hydrogens is 296 g/mol. The number of aromatic carboxylic acids is 2. The number of aromatic amines is 1. The van der Waals surface area contributed by atoms with Crippen LogP contribution in [0.1, 0.15) is 20.8 Å². The summed E-state index contributed by atoms with van der Waals surface area (Å²) in [6, 6.07) is 5.63. The molecule has 114 valence electrons. The Morgan fingerprint density at radius 2 is 1.68 bits per heavy atom. The van der Waals surface area contributed by atoms with Crippen molar-refractivity contribution in [2.75, 3.05) is 7.11 Å². The van der Waals surface area contributed by atoms with E-state index in [4.69, 9.17) is 9.84 Å². The fourth-order valence-corrected chi connectivity index (χ4v) is 1.92. The molecule has 1 heterocycles. The quantitative estimate of drug-likeness (QED) is 0.718. The highest BCUT2D eigenvalue weighted by Gasteiger charge is 2.26. The Balaban J connectivity index is 2.87. The van der Waals surface area contributed by atoms with Crippen LogP contribution in [0.2, 0.25) is 0 Å². The normalized spacial score (nSPS) is 10.2. The van der Waals surface area contributed by atoms with Crippen LogP contribution in [0.15, 0.2) is 33.9 Å². The van der Waals surface area contributed by atoms with Gasteiger partial charge in [-0.3, -0.25) is 14.3 Å². The van der Waals surface area contributed by atoms with Crippen LogP contribution in [0.5, 0.6) is 5.75 Å². The summed E-state index contributed by atoms with van der Waals surface area (Å²) in [5, 5.41) is 18.2. The van der Waals surface area contributed by atoms with Crippen molar-refractivity contribution in [1.29, 1.82) is 0 Å². The Labute approximate surface area is 122 Å². The van der Waals surface area contributed by atoms with Crippen LogP contribution >= 0.6 is 0 Å². The van der Waals surface area contributed by atoms with Gasteiger partial charge in [-0.25, -0.2) is 14.4 Å². The molecule has 1 aromatic carbocycles. The number of H-pyrrole nitrogens is 1. The lowest BCUT2D eigenvalue weighted by Crippen LogP contribution is -2.38. The maximum absolute atomic E-state index is 11.9. The van der Waals surface area contributed by atoms with E-state index in [1.54, 1.807) is 4.98 Å². The van der Waals surface area contributed by atoms with Crippen LogP contribution in [0.4, 0.5) is 0 Å². The average Bonchev–Trinajstić information content (AvgIpc) is 2.46. The second-order valence-corrected chi connectivity index (χ2v) is 4.13. The van der Waals surface area contributed by atoms with E-state index in [1.807, 2.05) is 0 Å². The predicted molar refractivity (Wildman–Crippen MR) is 73.1 cm³/mol. The third-order valence-corrected chi connectivity index (χ3v) is 2.86. The highest BCUT2D eigenvalue weighted by atomic mass is 16.5. The minimum absolute atomic E-state index is 0.0713. The summed E-state index contributed by atoms with van der Waals surface area (Å²) < 4.78 is 5.54. The summed E-state index contributed by atoms with van der Waals surface area (Å²) in [6.07, 6.45) is 0. The minimum Gasteiger partial charge on any atom is -0.497 e. The van der Waals surface area contributed by atoms with E-state index in [0.717, 1.165) is 0 Å². The first-order chi connectivity index (χ1) is 10.4. The molecule has 9 nitrogen and oxygen atoms in total. The van der Waals surface area contributed by atoms with Gasteiger partial charge in [0.1, 0.15) is 5.75 Å². The first-order valence-corrected chi connectivity index (χ1v) is 5.87. The lowest BCUT2D eigenvalue weighted by molar-refractivity contribution is 0.0640. The Morgan fingerprint density at radius 3 is 2.14 bits per heavy atom. The highest BCUT2D eigenvalue weighted by Crippen LogP contribution is 2.16. The van der Waals surface area contributed by atoms with Crippen molar-refractivity contribution in [3.63, 3.8) is 0 Å². The second kappa shape index (κ2) is 5.56. The molecule has 0 aliphatic carbocycles. The maximum Gasteiger partial charge on any atom is 0.354 e. The topological polar surface area (TPSA) is 139 Å². The molecule has 0 unspecified atom stereocenters. The number of ether oxygens (including phenoxy) is 1. The molecule has 0 saturated heterocycles. The number of nitrogens with zero attached hydrogens (tertiary/aromatic N) is 1. The molecule has 2 aromatic rings. The van der Waals surface area contributed by atoms with Gasteiger partial charge in [0, 0.05) is 0 Å². The molecule has 3 N–H and O–H groups in total. The van der Waals surface area contributed by atoms with E-state index < -0.39 is 34.4 Å². The summed E-state index contributed by atoms with van der Waals surface area (Å²) in [4.78, 5) is 47.7. The van der Waals surface area contributed by atoms with E-state index in [0.29, 0.717) is 10.3 Å². The smallest absolute Gasteiger partial charge is 0.354 e. The van der Waals surface area contributed by atoms with Crippen LogP contribution in [-0.4, -0.2) is 38.8 Å². The van der Waals surface area contributed by atoms with Gasteiger partial charge in [-0.1, -0.05) is 0 Å². The Kier molecular flexibility index (Phi) is 3.80. The summed E-state index contributed by atoms with van der Waals surface area (Å²) in [7, 11) is 1.42. The predicted octanol–water partition coefficient (Wildman–Crippen LogP) is -0.0692. The molecule has 0 amide bonds. The molecular formula is C13H10N2O7. The molecule has 0 radical (unpaired) electrons. The molecule has 0 saturated carbocycles. The number of carboxylic acids is 2. The van der Waals surface area contributed by atoms with Gasteiger partial charge in [-0.2, -0.15) is 0 Å². The number of methoxy groups -OCH3 is 1. The summed E-state index contributed by atoms with van der Waals surface area (Å²) in [6.45, 7) is 0. The SMILES string of the molecule is COc1ccc(-n2c(C(=O)O)c(C(=O)O)c(=O)[nH]c2=O)cc1. The molecule has 0 aliphatic heterocycles. The number of benzene rings is 1. The summed E-state index contributed by atoms with van der Waals surface area (Å²) >= 11 is 0. The summed E-state index contributed by atoms with van der Waals surface area (Å²) in [5.41, 5.74) is -4.21. The van der Waals surface area contributed by atoms with E-state index >= 15 is 0 Å². The van der Waals surface area contributed by atoms with Gasteiger partial charge in [0.25, 0.3) is 5.56 Å². The zero-order valence-electron chi connectivity index (χ0n) is 11.2. The molecule has 0 spiro atoms. The maximum atomic E-state index is 11.9. The van der Waals surface area contributed by atoms with Crippen LogP contribution < -0.4 is 16.0 Å². The highest BCUT2D eigenvalue weighted by molar-refractivity contribution is 6.00. The van der Waals surface area contributed by atoms with Crippen LogP contribution in [-0.2, 0) is 0 Å². The molecule has 1 aromatic heterocycles. The molecule has 2 rings (SSSR count). The van der Waals surface area contributed by atoms with Gasteiger partial charge in [0.2, 0.25) is 0 Å². The molecule has 0 bridgehead atoms. The van der Waals surface area contributed by atoms with Crippen molar-refractivity contribution < 1.29 is 24.5 Å². The first-order valence-electron chi connectivity index (χ1n) is 5.87. The van der Waals surface area contributed by atoms with Gasteiger partial charge in [-0.05, 0) is 24.3 Å². The number of aromatic nitrogens is 2.